The average Bonchev–Trinajstić information content (AvgIpc) is 2.56. The van der Waals surface area contributed by atoms with Crippen molar-refractivity contribution in [3.8, 4) is 0 Å². The fourth-order valence-electron chi connectivity index (χ4n) is 1.15. The third kappa shape index (κ3) is 2.23. The van der Waals surface area contributed by atoms with E-state index < -0.39 is 0 Å². The molecule has 0 amide bonds. The normalized spacial score (nSPS) is 11.1. The highest BCUT2D eigenvalue weighted by Gasteiger charge is 2.13. The summed E-state index contributed by atoms with van der Waals surface area (Å²) in [6.45, 7) is 4.54. The zero-order chi connectivity index (χ0) is 10.6. The molecule has 0 N–H and O–H groups in total. The summed E-state index contributed by atoms with van der Waals surface area (Å²) in [6.07, 6.45) is 5.68. The number of halogens is 1. The van der Waals surface area contributed by atoms with E-state index in [-0.39, 0.29) is 5.78 Å². The first-order valence-corrected chi connectivity index (χ1v) is 5.00. The highest BCUT2D eigenvalue weighted by molar-refractivity contribution is 6.34. The van der Waals surface area contributed by atoms with Crippen molar-refractivity contribution < 1.29 is 4.79 Å². The van der Waals surface area contributed by atoms with Crippen molar-refractivity contribution in [2.75, 3.05) is 0 Å². The van der Waals surface area contributed by atoms with E-state index >= 15 is 0 Å². The van der Waals surface area contributed by atoms with Crippen molar-refractivity contribution in [2.45, 2.75) is 26.8 Å². The topological polar surface area (TPSA) is 34.9 Å². The van der Waals surface area contributed by atoms with Gasteiger partial charge in [0.25, 0.3) is 0 Å². The van der Waals surface area contributed by atoms with Gasteiger partial charge in [0, 0.05) is 6.54 Å². The molecule has 1 aromatic heterocycles. The zero-order valence-electron chi connectivity index (χ0n) is 8.33. The number of rotatable bonds is 4. The van der Waals surface area contributed by atoms with Gasteiger partial charge >= 0.3 is 0 Å². The zero-order valence-corrected chi connectivity index (χ0v) is 9.08. The lowest BCUT2D eigenvalue weighted by Crippen LogP contribution is -2.07. The SMILES string of the molecule is CC/C=C/C(=O)c1c(Cl)cnn1CC. The number of aryl methyl sites for hydroxylation is 1. The molecule has 3 nitrogen and oxygen atoms in total. The minimum atomic E-state index is -0.0869. The van der Waals surface area contributed by atoms with Crippen molar-refractivity contribution in [1.82, 2.24) is 9.78 Å². The number of hydrogen-bond donors (Lipinski definition) is 0. The number of hydrogen-bond acceptors (Lipinski definition) is 2. The number of carbonyl (C=O) groups excluding carboxylic acids is 1. The van der Waals surface area contributed by atoms with Crippen LogP contribution < -0.4 is 0 Å². The molecule has 76 valence electrons. The first-order valence-electron chi connectivity index (χ1n) is 4.62. The molecule has 0 aliphatic carbocycles. The van der Waals surface area contributed by atoms with Gasteiger partial charge in [-0.3, -0.25) is 9.48 Å². The highest BCUT2D eigenvalue weighted by Crippen LogP contribution is 2.16. The van der Waals surface area contributed by atoms with Crippen LogP contribution in [0, 0.1) is 0 Å². The van der Waals surface area contributed by atoms with Crippen molar-refractivity contribution in [3.63, 3.8) is 0 Å². The molecule has 0 atom stereocenters. The van der Waals surface area contributed by atoms with Crippen LogP contribution in [-0.4, -0.2) is 15.6 Å². The Kier molecular flexibility index (Phi) is 3.89. The molecule has 0 radical (unpaired) electrons. The molecule has 14 heavy (non-hydrogen) atoms. The molecule has 0 saturated carbocycles. The monoisotopic (exact) mass is 212 g/mol. The van der Waals surface area contributed by atoms with Gasteiger partial charge in [0.1, 0.15) is 5.69 Å². The number of aromatic nitrogens is 2. The summed E-state index contributed by atoms with van der Waals surface area (Å²) in [5.74, 6) is -0.0869. The minimum absolute atomic E-state index is 0.0869. The van der Waals surface area contributed by atoms with E-state index in [4.69, 9.17) is 11.6 Å². The van der Waals surface area contributed by atoms with Crippen molar-refractivity contribution in [2.24, 2.45) is 0 Å². The fourth-order valence-corrected chi connectivity index (χ4v) is 1.39. The summed E-state index contributed by atoms with van der Waals surface area (Å²) < 4.78 is 1.60. The van der Waals surface area contributed by atoms with Crippen LogP contribution in [0.5, 0.6) is 0 Å². The second-order valence-corrected chi connectivity index (χ2v) is 3.24. The van der Waals surface area contributed by atoms with Gasteiger partial charge in [-0.05, 0) is 19.4 Å². The molecule has 1 heterocycles. The van der Waals surface area contributed by atoms with E-state index in [9.17, 15) is 4.79 Å². The number of ketones is 1. The summed E-state index contributed by atoms with van der Waals surface area (Å²) in [4.78, 5) is 11.6. The fraction of sp³-hybridized carbons (Fsp3) is 0.400. The average molecular weight is 213 g/mol. The molecular weight excluding hydrogens is 200 g/mol. The summed E-state index contributed by atoms with van der Waals surface area (Å²) in [5, 5.41) is 4.41. The van der Waals surface area contributed by atoms with Crippen LogP contribution >= 0.6 is 11.6 Å². The molecule has 0 unspecified atom stereocenters. The Bertz CT molecular complexity index is 355. The molecule has 0 fully saturated rings. The lowest BCUT2D eigenvalue weighted by atomic mass is 10.2. The van der Waals surface area contributed by atoms with E-state index in [1.54, 1.807) is 4.68 Å². The maximum atomic E-state index is 11.6. The van der Waals surface area contributed by atoms with Crippen LogP contribution in [-0.2, 0) is 6.54 Å². The van der Waals surface area contributed by atoms with E-state index in [2.05, 4.69) is 5.10 Å². The molecule has 1 rings (SSSR count). The van der Waals surface area contributed by atoms with Crippen LogP contribution in [0.1, 0.15) is 30.8 Å². The van der Waals surface area contributed by atoms with Crippen molar-refractivity contribution in [1.29, 1.82) is 0 Å². The molecule has 0 aromatic carbocycles. The summed E-state index contributed by atoms with van der Waals surface area (Å²) in [7, 11) is 0. The standard InChI is InChI=1S/C10H13ClN2O/c1-3-5-6-9(14)10-8(11)7-12-13(10)4-2/h5-7H,3-4H2,1-2H3/b6-5+. The lowest BCUT2D eigenvalue weighted by molar-refractivity contribution is 0.103. The second kappa shape index (κ2) is 4.96. The molecular formula is C10H13ClN2O. The molecule has 4 heteroatoms. The van der Waals surface area contributed by atoms with Crippen molar-refractivity contribution in [3.05, 3.63) is 29.1 Å². The van der Waals surface area contributed by atoms with Crippen LogP contribution in [0.2, 0.25) is 5.02 Å². The molecule has 0 spiro atoms. The van der Waals surface area contributed by atoms with E-state index in [1.165, 1.54) is 12.3 Å². The Labute approximate surface area is 88.4 Å². The van der Waals surface area contributed by atoms with E-state index in [0.717, 1.165) is 6.42 Å². The number of allylic oxidation sites excluding steroid dienone is 2. The van der Waals surface area contributed by atoms with Gasteiger partial charge in [-0.2, -0.15) is 5.10 Å². The maximum Gasteiger partial charge on any atom is 0.205 e. The Morgan fingerprint density at radius 3 is 2.93 bits per heavy atom. The molecule has 0 bridgehead atoms. The molecule has 0 saturated heterocycles. The van der Waals surface area contributed by atoms with Gasteiger partial charge in [-0.1, -0.05) is 24.6 Å². The predicted octanol–water partition coefficient (Wildman–Crippen LogP) is 2.71. The third-order valence-electron chi connectivity index (χ3n) is 1.83. The quantitative estimate of drug-likeness (QED) is 0.568. The number of nitrogens with zero attached hydrogens (tertiary/aromatic N) is 2. The maximum absolute atomic E-state index is 11.6. The third-order valence-corrected chi connectivity index (χ3v) is 2.11. The Morgan fingerprint density at radius 1 is 1.64 bits per heavy atom. The molecule has 1 aromatic rings. The van der Waals surface area contributed by atoms with Gasteiger partial charge in [-0.25, -0.2) is 0 Å². The van der Waals surface area contributed by atoms with Crippen LogP contribution in [0.3, 0.4) is 0 Å². The van der Waals surface area contributed by atoms with Crippen LogP contribution in [0.25, 0.3) is 0 Å². The predicted molar refractivity (Wildman–Crippen MR) is 56.7 cm³/mol. The Balaban J connectivity index is 2.98. The molecule has 0 aliphatic heterocycles. The van der Waals surface area contributed by atoms with Crippen LogP contribution in [0.4, 0.5) is 0 Å². The first-order chi connectivity index (χ1) is 6.70. The van der Waals surface area contributed by atoms with Gasteiger partial charge in [0.05, 0.1) is 11.2 Å². The van der Waals surface area contributed by atoms with Gasteiger partial charge < -0.3 is 0 Å². The van der Waals surface area contributed by atoms with E-state index in [1.807, 2.05) is 19.9 Å². The second-order valence-electron chi connectivity index (χ2n) is 2.83. The summed E-state index contributed by atoms with van der Waals surface area (Å²) >= 11 is 5.86. The summed E-state index contributed by atoms with van der Waals surface area (Å²) in [6, 6.07) is 0. The Hall–Kier alpha value is -1.09. The van der Waals surface area contributed by atoms with E-state index in [0.29, 0.717) is 17.3 Å². The smallest absolute Gasteiger partial charge is 0.205 e. The lowest BCUT2D eigenvalue weighted by Gasteiger charge is -2.00. The Morgan fingerprint density at radius 2 is 2.36 bits per heavy atom. The first kappa shape index (κ1) is 11.0. The van der Waals surface area contributed by atoms with Gasteiger partial charge in [0.2, 0.25) is 5.78 Å². The molecule has 0 aliphatic rings. The van der Waals surface area contributed by atoms with Crippen LogP contribution in [0.15, 0.2) is 18.3 Å². The highest BCUT2D eigenvalue weighted by atomic mass is 35.5. The largest absolute Gasteiger partial charge is 0.288 e. The summed E-state index contributed by atoms with van der Waals surface area (Å²) in [5.41, 5.74) is 0.471. The minimum Gasteiger partial charge on any atom is -0.288 e. The van der Waals surface area contributed by atoms with Gasteiger partial charge in [0.15, 0.2) is 0 Å². The number of carbonyl (C=O) groups is 1. The van der Waals surface area contributed by atoms with Gasteiger partial charge in [-0.15, -0.1) is 0 Å². The van der Waals surface area contributed by atoms with Crippen molar-refractivity contribution >= 4 is 17.4 Å².